The third kappa shape index (κ3) is 6.91. The minimum atomic E-state index is -3.37. The summed E-state index contributed by atoms with van der Waals surface area (Å²) >= 11 is 0. The van der Waals surface area contributed by atoms with Gasteiger partial charge in [-0.25, -0.2) is 8.42 Å². The van der Waals surface area contributed by atoms with Gasteiger partial charge >= 0.3 is 0 Å². The first-order chi connectivity index (χ1) is 12.9. The summed E-state index contributed by atoms with van der Waals surface area (Å²) in [6, 6.07) is 8.36. The Kier molecular flexibility index (Phi) is 10.2. The maximum Gasteiger partial charge on any atom is 0.222 e. The van der Waals surface area contributed by atoms with E-state index in [-0.39, 0.29) is 47.7 Å². The Hall–Kier alpha value is -1.36. The zero-order chi connectivity index (χ0) is 19.9. The summed E-state index contributed by atoms with van der Waals surface area (Å²) in [4.78, 5) is 18.2. The molecule has 0 saturated carbocycles. The molecule has 1 aromatic rings. The highest BCUT2D eigenvalue weighted by molar-refractivity contribution is 14.0. The highest BCUT2D eigenvalue weighted by Gasteiger charge is 2.27. The number of nitrogens with one attached hydrogen (secondary N) is 2. The van der Waals surface area contributed by atoms with Crippen molar-refractivity contribution in [3.8, 4) is 0 Å². The molecular formula is C19H31IN4O3S. The Labute approximate surface area is 185 Å². The van der Waals surface area contributed by atoms with E-state index in [1.54, 1.807) is 37.4 Å². The van der Waals surface area contributed by atoms with E-state index in [0.29, 0.717) is 30.2 Å². The van der Waals surface area contributed by atoms with Crippen LogP contribution in [-0.4, -0.2) is 63.2 Å². The molecule has 0 aliphatic carbocycles. The second kappa shape index (κ2) is 11.6. The van der Waals surface area contributed by atoms with Gasteiger partial charge in [0.15, 0.2) is 15.8 Å². The summed E-state index contributed by atoms with van der Waals surface area (Å²) in [5, 5.41) is 6.54. The quantitative estimate of drug-likeness (QED) is 0.325. The van der Waals surface area contributed by atoms with Gasteiger partial charge in [-0.15, -0.1) is 24.0 Å². The lowest BCUT2D eigenvalue weighted by molar-refractivity contribution is -0.129. The molecule has 1 aliphatic heterocycles. The maximum atomic E-state index is 12.6. The summed E-state index contributed by atoms with van der Waals surface area (Å²) in [6.45, 7) is 5.19. The molecule has 2 unspecified atom stereocenters. The van der Waals surface area contributed by atoms with Crippen molar-refractivity contribution in [3.63, 3.8) is 0 Å². The van der Waals surface area contributed by atoms with Crippen LogP contribution in [0.5, 0.6) is 0 Å². The van der Waals surface area contributed by atoms with Crippen molar-refractivity contribution in [2.24, 2.45) is 4.99 Å². The number of likely N-dealkylation sites (tertiary alicyclic amines) is 1. The fourth-order valence-corrected chi connectivity index (χ4v) is 4.75. The highest BCUT2D eigenvalue weighted by atomic mass is 127. The second-order valence-electron chi connectivity index (χ2n) is 6.74. The predicted octanol–water partition coefficient (Wildman–Crippen LogP) is 2.03. The number of hydrogen-bond donors (Lipinski definition) is 2. The maximum absolute atomic E-state index is 12.6. The van der Waals surface area contributed by atoms with E-state index in [2.05, 4.69) is 15.6 Å². The Bertz CT molecular complexity index is 756. The van der Waals surface area contributed by atoms with Crippen LogP contribution in [0.2, 0.25) is 0 Å². The number of sulfone groups is 1. The number of nitrogens with zero attached hydrogens (tertiary/aromatic N) is 2. The van der Waals surface area contributed by atoms with Gasteiger partial charge in [-0.1, -0.05) is 32.0 Å². The number of hydrogen-bond acceptors (Lipinski definition) is 4. The van der Waals surface area contributed by atoms with Crippen molar-refractivity contribution in [1.82, 2.24) is 15.5 Å². The molecule has 28 heavy (non-hydrogen) atoms. The summed E-state index contributed by atoms with van der Waals surface area (Å²) in [6.07, 6.45) is 2.01. The predicted molar refractivity (Wildman–Crippen MR) is 123 cm³/mol. The molecule has 0 spiro atoms. The molecule has 0 aromatic heterocycles. The van der Waals surface area contributed by atoms with Gasteiger partial charge in [0.1, 0.15) is 0 Å². The minimum Gasteiger partial charge on any atom is -0.353 e. The fourth-order valence-electron chi connectivity index (χ4n) is 3.14. The van der Waals surface area contributed by atoms with E-state index < -0.39 is 9.84 Å². The molecule has 158 valence electrons. The lowest BCUT2D eigenvalue weighted by atomic mass is 10.2. The van der Waals surface area contributed by atoms with E-state index in [1.165, 1.54) is 0 Å². The molecule has 1 saturated heterocycles. The molecule has 0 radical (unpaired) electrons. The standard InChI is InChI=1S/C19H30N4O3S.HI/c1-4-15(14-27(25,26)17-9-7-6-8-10-17)21-19(20-3)22-16-11-12-23(13-16)18(24)5-2;/h6-10,15-16H,4-5,11-14H2,1-3H3,(H2,20,21,22);1H. The molecule has 1 amide bonds. The third-order valence-corrected chi connectivity index (χ3v) is 6.60. The fraction of sp³-hybridized carbons (Fsp3) is 0.579. The molecule has 2 atom stereocenters. The van der Waals surface area contributed by atoms with Crippen molar-refractivity contribution < 1.29 is 13.2 Å². The summed E-state index contributed by atoms with van der Waals surface area (Å²) in [5.41, 5.74) is 0. The number of amides is 1. The summed E-state index contributed by atoms with van der Waals surface area (Å²) < 4.78 is 25.2. The molecule has 7 nitrogen and oxygen atoms in total. The SMILES string of the molecule is CCC(=O)N1CCC(NC(=NC)NC(CC)CS(=O)(=O)c2ccccc2)C1.I. The number of rotatable bonds is 7. The third-order valence-electron chi connectivity index (χ3n) is 4.76. The van der Waals surface area contributed by atoms with Crippen LogP contribution in [0.15, 0.2) is 40.2 Å². The molecule has 1 aliphatic rings. The molecular weight excluding hydrogens is 491 g/mol. The van der Waals surface area contributed by atoms with Crippen LogP contribution in [0.4, 0.5) is 0 Å². The van der Waals surface area contributed by atoms with Gasteiger partial charge in [0.05, 0.1) is 10.6 Å². The number of halogens is 1. The molecule has 1 fully saturated rings. The molecule has 2 N–H and O–H groups in total. The molecule has 1 aromatic carbocycles. The highest BCUT2D eigenvalue weighted by Crippen LogP contribution is 2.13. The zero-order valence-corrected chi connectivity index (χ0v) is 19.9. The van der Waals surface area contributed by atoms with Crippen molar-refractivity contribution in [3.05, 3.63) is 30.3 Å². The van der Waals surface area contributed by atoms with Crippen molar-refractivity contribution in [2.45, 2.75) is 50.1 Å². The average molecular weight is 522 g/mol. The lowest BCUT2D eigenvalue weighted by Gasteiger charge is -2.23. The van der Waals surface area contributed by atoms with Crippen LogP contribution in [0.1, 0.15) is 33.1 Å². The topological polar surface area (TPSA) is 90.9 Å². The zero-order valence-electron chi connectivity index (χ0n) is 16.7. The first kappa shape index (κ1) is 24.7. The molecule has 9 heteroatoms. The van der Waals surface area contributed by atoms with Gasteiger partial charge in [-0.3, -0.25) is 9.79 Å². The first-order valence-electron chi connectivity index (χ1n) is 9.45. The number of aliphatic imine (C=N–C) groups is 1. The second-order valence-corrected chi connectivity index (χ2v) is 8.77. The lowest BCUT2D eigenvalue weighted by Crippen LogP contribution is -2.50. The molecule has 2 rings (SSSR count). The summed E-state index contributed by atoms with van der Waals surface area (Å²) in [5.74, 6) is 0.725. The minimum absolute atomic E-state index is 0. The van der Waals surface area contributed by atoms with Gasteiger partial charge in [0, 0.05) is 38.6 Å². The van der Waals surface area contributed by atoms with E-state index in [1.807, 2.05) is 18.7 Å². The van der Waals surface area contributed by atoms with Crippen molar-refractivity contribution in [2.75, 3.05) is 25.9 Å². The van der Waals surface area contributed by atoms with Crippen LogP contribution in [-0.2, 0) is 14.6 Å². The van der Waals surface area contributed by atoms with Gasteiger partial charge in [0.25, 0.3) is 0 Å². The number of carbonyl (C=O) groups is 1. The van der Waals surface area contributed by atoms with Crippen molar-refractivity contribution >= 4 is 45.7 Å². The monoisotopic (exact) mass is 522 g/mol. The average Bonchev–Trinajstić information content (AvgIpc) is 3.15. The molecule has 1 heterocycles. The Balaban J connectivity index is 0.00000392. The first-order valence-corrected chi connectivity index (χ1v) is 11.1. The molecule has 0 bridgehead atoms. The van der Waals surface area contributed by atoms with Crippen LogP contribution >= 0.6 is 24.0 Å². The number of benzene rings is 1. The number of guanidine groups is 1. The van der Waals surface area contributed by atoms with E-state index in [0.717, 1.165) is 13.0 Å². The van der Waals surface area contributed by atoms with Gasteiger partial charge in [-0.2, -0.15) is 0 Å². The van der Waals surface area contributed by atoms with E-state index in [4.69, 9.17) is 0 Å². The van der Waals surface area contributed by atoms with E-state index in [9.17, 15) is 13.2 Å². The van der Waals surface area contributed by atoms with Gasteiger partial charge in [0.2, 0.25) is 5.91 Å². The van der Waals surface area contributed by atoms with Crippen LogP contribution < -0.4 is 10.6 Å². The Morgan fingerprint density at radius 1 is 1.29 bits per heavy atom. The van der Waals surface area contributed by atoms with Gasteiger partial charge in [-0.05, 0) is 25.0 Å². The summed E-state index contributed by atoms with van der Waals surface area (Å²) in [7, 11) is -1.71. The van der Waals surface area contributed by atoms with Gasteiger partial charge < -0.3 is 15.5 Å². The normalized spacial score (nSPS) is 18.3. The largest absolute Gasteiger partial charge is 0.353 e. The Morgan fingerprint density at radius 3 is 2.54 bits per heavy atom. The van der Waals surface area contributed by atoms with Crippen LogP contribution in [0, 0.1) is 0 Å². The smallest absolute Gasteiger partial charge is 0.222 e. The van der Waals surface area contributed by atoms with Crippen LogP contribution in [0.25, 0.3) is 0 Å². The Morgan fingerprint density at radius 2 is 1.96 bits per heavy atom. The number of carbonyl (C=O) groups excluding carboxylic acids is 1. The van der Waals surface area contributed by atoms with Crippen LogP contribution in [0.3, 0.4) is 0 Å². The van der Waals surface area contributed by atoms with Crippen molar-refractivity contribution in [1.29, 1.82) is 0 Å². The van der Waals surface area contributed by atoms with E-state index >= 15 is 0 Å².